The van der Waals surface area contributed by atoms with Gasteiger partial charge in [0.1, 0.15) is 17.6 Å². The molecule has 160 valence electrons. The Morgan fingerprint density at radius 2 is 1.94 bits per heavy atom. The fraction of sp³-hybridized carbons (Fsp3) is 0.125. The number of nitrogens with zero attached hydrogens (tertiary/aromatic N) is 2. The summed E-state index contributed by atoms with van der Waals surface area (Å²) in [7, 11) is 0. The van der Waals surface area contributed by atoms with Gasteiger partial charge in [0.15, 0.2) is 5.13 Å². The average Bonchev–Trinajstić information content (AvgIpc) is 3.52. The number of fused-ring (bicyclic) bond motifs is 1. The first-order chi connectivity index (χ1) is 15.5. The zero-order chi connectivity index (χ0) is 22.4. The third kappa shape index (κ3) is 3.32. The molecule has 2 aromatic heterocycles. The van der Waals surface area contributed by atoms with E-state index in [9.17, 15) is 19.1 Å². The number of rotatable bonds is 4. The molecule has 1 aliphatic rings. The van der Waals surface area contributed by atoms with Crippen LogP contribution in [0.5, 0.6) is 0 Å². The molecule has 8 heteroatoms. The lowest BCUT2D eigenvalue weighted by atomic mass is 10.00. The number of amides is 1. The van der Waals surface area contributed by atoms with Crippen molar-refractivity contribution in [1.29, 1.82) is 0 Å². The molecule has 1 amide bonds. The van der Waals surface area contributed by atoms with Gasteiger partial charge in [-0.2, -0.15) is 0 Å². The summed E-state index contributed by atoms with van der Waals surface area (Å²) in [5, 5.41) is 13.2. The molecular weight excluding hydrogens is 447 g/mol. The van der Waals surface area contributed by atoms with Gasteiger partial charge in [0, 0.05) is 10.4 Å². The normalized spacial score (nSPS) is 18.1. The van der Waals surface area contributed by atoms with E-state index in [1.54, 1.807) is 0 Å². The number of carbonyl (C=O) groups excluding carboxylic acids is 2. The quantitative estimate of drug-likeness (QED) is 0.239. The van der Waals surface area contributed by atoms with Crippen molar-refractivity contribution in [2.45, 2.75) is 19.4 Å². The first-order valence-electron chi connectivity index (χ1n) is 9.97. The molecule has 1 N–H and O–H groups in total. The summed E-state index contributed by atoms with van der Waals surface area (Å²) < 4.78 is 14.3. The molecule has 0 saturated carbocycles. The van der Waals surface area contributed by atoms with Gasteiger partial charge in [-0.3, -0.25) is 14.5 Å². The van der Waals surface area contributed by atoms with Crippen LogP contribution in [0, 0.1) is 5.82 Å². The molecule has 32 heavy (non-hydrogen) atoms. The first-order valence-corrected chi connectivity index (χ1v) is 11.7. The Morgan fingerprint density at radius 1 is 1.16 bits per heavy atom. The Labute approximate surface area is 191 Å². The van der Waals surface area contributed by atoms with E-state index in [-0.39, 0.29) is 16.9 Å². The van der Waals surface area contributed by atoms with E-state index in [0.29, 0.717) is 5.13 Å². The average molecular weight is 465 g/mol. The van der Waals surface area contributed by atoms with Crippen molar-refractivity contribution in [2.75, 3.05) is 4.90 Å². The molecule has 0 aliphatic carbocycles. The van der Waals surface area contributed by atoms with Crippen molar-refractivity contribution in [3.05, 3.63) is 87.4 Å². The predicted molar refractivity (Wildman–Crippen MR) is 124 cm³/mol. The maximum Gasteiger partial charge on any atom is 0.301 e. The number of thiophene rings is 1. The minimum atomic E-state index is -0.814. The second-order valence-corrected chi connectivity index (χ2v) is 9.33. The number of benzene rings is 2. The predicted octanol–water partition coefficient (Wildman–Crippen LogP) is 5.69. The number of hydrogen-bond donors (Lipinski definition) is 1. The van der Waals surface area contributed by atoms with Gasteiger partial charge in [-0.05, 0) is 59.8 Å². The van der Waals surface area contributed by atoms with E-state index < -0.39 is 23.5 Å². The van der Waals surface area contributed by atoms with Gasteiger partial charge in [0.05, 0.1) is 15.8 Å². The highest BCUT2D eigenvalue weighted by atomic mass is 32.1. The smallest absolute Gasteiger partial charge is 0.301 e. The van der Waals surface area contributed by atoms with E-state index in [1.165, 1.54) is 51.8 Å². The third-order valence-electron chi connectivity index (χ3n) is 5.43. The Kier molecular flexibility index (Phi) is 5.11. The summed E-state index contributed by atoms with van der Waals surface area (Å²) in [4.78, 5) is 32.9. The van der Waals surface area contributed by atoms with Gasteiger partial charge in [0.25, 0.3) is 5.78 Å². The Morgan fingerprint density at radius 3 is 2.62 bits per heavy atom. The molecule has 4 aromatic rings. The molecule has 0 unspecified atom stereocenters. The molecule has 5 rings (SSSR count). The SMILES string of the molecule is CCc1ccc2nc(N3C(=O)C(=O)/C(=C(/O)c4ccc(F)cc4)[C@H]3c3cccs3)sc2c1. The molecule has 1 fully saturated rings. The van der Waals surface area contributed by atoms with Crippen molar-refractivity contribution in [3.63, 3.8) is 0 Å². The summed E-state index contributed by atoms with van der Waals surface area (Å²) in [6.07, 6.45) is 0.876. The van der Waals surface area contributed by atoms with Crippen molar-refractivity contribution in [1.82, 2.24) is 4.98 Å². The van der Waals surface area contributed by atoms with Crippen LogP contribution < -0.4 is 4.90 Å². The fourth-order valence-electron chi connectivity index (χ4n) is 3.79. The molecule has 0 spiro atoms. The highest BCUT2D eigenvalue weighted by Crippen LogP contribution is 2.45. The van der Waals surface area contributed by atoms with E-state index >= 15 is 0 Å². The maximum atomic E-state index is 13.4. The molecule has 2 aromatic carbocycles. The number of hydrogen-bond acceptors (Lipinski definition) is 6. The highest BCUT2D eigenvalue weighted by molar-refractivity contribution is 7.22. The zero-order valence-electron chi connectivity index (χ0n) is 16.9. The van der Waals surface area contributed by atoms with E-state index in [1.807, 2.05) is 35.7 Å². The number of anilines is 1. The zero-order valence-corrected chi connectivity index (χ0v) is 18.5. The number of carbonyl (C=O) groups is 2. The highest BCUT2D eigenvalue weighted by Gasteiger charge is 2.48. The topological polar surface area (TPSA) is 70.5 Å². The molecule has 1 saturated heterocycles. The van der Waals surface area contributed by atoms with Crippen molar-refractivity contribution >= 4 is 55.5 Å². The second kappa shape index (κ2) is 7.96. The van der Waals surface area contributed by atoms with E-state index in [4.69, 9.17) is 0 Å². The van der Waals surface area contributed by atoms with Crippen molar-refractivity contribution in [2.24, 2.45) is 0 Å². The van der Waals surface area contributed by atoms with Crippen LogP contribution in [0.3, 0.4) is 0 Å². The minimum Gasteiger partial charge on any atom is -0.507 e. The summed E-state index contributed by atoms with van der Waals surface area (Å²) in [5.41, 5.74) is 2.13. The molecule has 0 radical (unpaired) electrons. The van der Waals surface area contributed by atoms with Crippen LogP contribution in [-0.4, -0.2) is 21.8 Å². The molecular formula is C24H17FN2O3S2. The van der Waals surface area contributed by atoms with Gasteiger partial charge in [-0.25, -0.2) is 9.37 Å². The van der Waals surface area contributed by atoms with Crippen LogP contribution in [0.4, 0.5) is 9.52 Å². The van der Waals surface area contributed by atoms with Gasteiger partial charge in [0.2, 0.25) is 0 Å². The van der Waals surface area contributed by atoms with Crippen molar-refractivity contribution < 1.29 is 19.1 Å². The van der Waals surface area contributed by atoms with Crippen LogP contribution in [0.2, 0.25) is 0 Å². The largest absolute Gasteiger partial charge is 0.507 e. The summed E-state index contributed by atoms with van der Waals surface area (Å²) in [5.74, 6) is -2.34. The first kappa shape index (κ1) is 20.5. The number of thiazole rings is 1. The summed E-state index contributed by atoms with van der Waals surface area (Å²) in [6.45, 7) is 2.06. The number of aliphatic hydroxyl groups excluding tert-OH is 1. The Balaban J connectivity index is 1.69. The van der Waals surface area contributed by atoms with E-state index in [2.05, 4.69) is 11.9 Å². The Hall–Kier alpha value is -3.36. The lowest BCUT2D eigenvalue weighted by molar-refractivity contribution is -0.132. The lowest BCUT2D eigenvalue weighted by Gasteiger charge is -2.21. The van der Waals surface area contributed by atoms with Crippen LogP contribution >= 0.6 is 22.7 Å². The standard InChI is InChI=1S/C24H17FN2O3S2/c1-2-13-5-10-16-18(12-13)32-24(26-16)27-20(17-4-3-11-31-17)19(22(29)23(27)30)21(28)14-6-8-15(25)9-7-14/h3-12,20,28H,2H2,1H3/b21-19+/t20-/m1/s1. The maximum absolute atomic E-state index is 13.4. The third-order valence-corrected chi connectivity index (χ3v) is 7.37. The summed E-state index contributed by atoms with van der Waals surface area (Å²) in [6, 6.07) is 13.9. The van der Waals surface area contributed by atoms with Gasteiger partial charge >= 0.3 is 5.91 Å². The van der Waals surface area contributed by atoms with Crippen LogP contribution in [0.15, 0.2) is 65.6 Å². The van der Waals surface area contributed by atoms with Gasteiger partial charge in [-0.15, -0.1) is 11.3 Å². The number of aliphatic hydroxyl groups is 1. The Bertz CT molecular complexity index is 1370. The molecule has 0 bridgehead atoms. The number of aryl methyl sites for hydroxylation is 1. The number of ketones is 1. The number of aromatic nitrogens is 1. The molecule has 5 nitrogen and oxygen atoms in total. The number of halogens is 1. The lowest BCUT2D eigenvalue weighted by Crippen LogP contribution is -2.28. The van der Waals surface area contributed by atoms with Gasteiger partial charge in [-0.1, -0.05) is 30.4 Å². The van der Waals surface area contributed by atoms with Crippen LogP contribution in [-0.2, 0) is 16.0 Å². The van der Waals surface area contributed by atoms with Crippen molar-refractivity contribution in [3.8, 4) is 0 Å². The monoisotopic (exact) mass is 464 g/mol. The molecule has 3 heterocycles. The fourth-order valence-corrected chi connectivity index (χ4v) is 5.67. The van der Waals surface area contributed by atoms with Crippen LogP contribution in [0.25, 0.3) is 16.0 Å². The molecule has 1 atom stereocenters. The van der Waals surface area contributed by atoms with E-state index in [0.717, 1.165) is 27.1 Å². The number of Topliss-reactive ketones (excluding diaryl/α,β-unsaturated/α-hetero) is 1. The summed E-state index contributed by atoms with van der Waals surface area (Å²) >= 11 is 2.71. The second-order valence-electron chi connectivity index (χ2n) is 7.34. The van der Waals surface area contributed by atoms with Crippen LogP contribution in [0.1, 0.15) is 29.0 Å². The van der Waals surface area contributed by atoms with Gasteiger partial charge < -0.3 is 5.11 Å². The molecule has 1 aliphatic heterocycles. The minimum absolute atomic E-state index is 0.0300.